The Kier molecular flexibility index (Phi) is 8.47. The van der Waals surface area contributed by atoms with E-state index >= 15 is 0 Å². The van der Waals surface area contributed by atoms with E-state index in [9.17, 15) is 18.0 Å². The number of thioether (sulfide) groups is 1. The Morgan fingerprint density at radius 2 is 2.00 bits per heavy atom. The average molecular weight is 272 g/mol. The first-order valence-corrected chi connectivity index (χ1v) is 6.77. The number of hydrogen-bond acceptors (Lipinski definition) is 3. The second-order valence-electron chi connectivity index (χ2n) is 3.66. The minimum Gasteiger partial charge on any atom is -0.465 e. The van der Waals surface area contributed by atoms with E-state index in [-0.39, 0.29) is 17.6 Å². The summed E-state index contributed by atoms with van der Waals surface area (Å²) in [4.78, 5) is 10.9. The molecule has 0 spiro atoms. The lowest BCUT2D eigenvalue weighted by atomic mass is 10.3. The van der Waals surface area contributed by atoms with Crippen molar-refractivity contribution in [3.63, 3.8) is 0 Å². The Bertz CT molecular complexity index is 219. The van der Waals surface area contributed by atoms with Gasteiger partial charge in [0.1, 0.15) is 6.61 Å². The van der Waals surface area contributed by atoms with Crippen molar-refractivity contribution in [1.29, 1.82) is 0 Å². The maximum Gasteiger partial charge on any atom is 0.389 e. The van der Waals surface area contributed by atoms with E-state index in [1.54, 1.807) is 6.92 Å². The fourth-order valence-corrected chi connectivity index (χ4v) is 2.14. The molecular weight excluding hydrogens is 253 g/mol. The third-order valence-corrected chi connectivity index (χ3v) is 3.60. The molecule has 102 valence electrons. The van der Waals surface area contributed by atoms with E-state index in [2.05, 4.69) is 0 Å². The normalized spacial score (nSPS) is 13.5. The molecule has 0 aromatic rings. The third kappa shape index (κ3) is 10.5. The summed E-state index contributed by atoms with van der Waals surface area (Å²) >= 11 is 1.44. The van der Waals surface area contributed by atoms with Crippen LogP contribution < -0.4 is 0 Å². The summed E-state index contributed by atoms with van der Waals surface area (Å²) in [7, 11) is 0. The van der Waals surface area contributed by atoms with Crippen molar-refractivity contribution in [3.05, 3.63) is 0 Å². The topological polar surface area (TPSA) is 26.3 Å². The number of carbonyl (C=O) groups excluding carboxylic acids is 1. The van der Waals surface area contributed by atoms with Gasteiger partial charge in [0.2, 0.25) is 0 Å². The smallest absolute Gasteiger partial charge is 0.389 e. The van der Waals surface area contributed by atoms with E-state index in [0.29, 0.717) is 18.8 Å². The summed E-state index contributed by atoms with van der Waals surface area (Å²) in [6, 6.07) is 0. The molecule has 0 radical (unpaired) electrons. The summed E-state index contributed by atoms with van der Waals surface area (Å²) in [6.07, 6.45) is -3.59. The Morgan fingerprint density at radius 1 is 1.35 bits per heavy atom. The second-order valence-corrected chi connectivity index (χ2v) is 5.06. The largest absolute Gasteiger partial charge is 0.465 e. The van der Waals surface area contributed by atoms with Gasteiger partial charge in [-0.25, -0.2) is 0 Å². The minimum atomic E-state index is -4.07. The molecule has 0 aliphatic carbocycles. The number of esters is 1. The molecule has 0 rings (SSSR count). The predicted molar refractivity (Wildman–Crippen MR) is 63.1 cm³/mol. The number of ether oxygens (including phenoxy) is 1. The zero-order valence-corrected chi connectivity index (χ0v) is 11.0. The quantitative estimate of drug-likeness (QED) is 0.496. The molecular formula is C11H19F3O2S. The van der Waals surface area contributed by atoms with Crippen LogP contribution in [0.3, 0.4) is 0 Å². The zero-order chi connectivity index (χ0) is 13.3. The predicted octanol–water partition coefficient (Wildman–Crippen LogP) is 3.79. The van der Waals surface area contributed by atoms with Gasteiger partial charge in [-0.1, -0.05) is 13.8 Å². The van der Waals surface area contributed by atoms with Gasteiger partial charge in [0.05, 0.1) is 0 Å². The van der Waals surface area contributed by atoms with Gasteiger partial charge < -0.3 is 4.74 Å². The van der Waals surface area contributed by atoms with E-state index in [1.165, 1.54) is 11.8 Å². The molecule has 0 saturated carbocycles. The molecule has 1 unspecified atom stereocenters. The van der Waals surface area contributed by atoms with Crippen molar-refractivity contribution >= 4 is 17.7 Å². The maximum atomic E-state index is 11.9. The van der Waals surface area contributed by atoms with Crippen LogP contribution >= 0.6 is 11.8 Å². The molecule has 0 aromatic heterocycles. The van der Waals surface area contributed by atoms with E-state index in [0.717, 1.165) is 6.42 Å². The summed E-state index contributed by atoms with van der Waals surface area (Å²) < 4.78 is 40.6. The molecule has 6 heteroatoms. The zero-order valence-electron chi connectivity index (χ0n) is 10.2. The molecule has 0 aliphatic heterocycles. The summed E-state index contributed by atoms with van der Waals surface area (Å²) in [5, 5.41) is 0.0960. The van der Waals surface area contributed by atoms with Gasteiger partial charge in [-0.15, -0.1) is 0 Å². The number of hydrogen-bond donors (Lipinski definition) is 0. The molecule has 0 amide bonds. The van der Waals surface area contributed by atoms with Gasteiger partial charge in [-0.3, -0.25) is 4.79 Å². The van der Waals surface area contributed by atoms with Crippen LogP contribution in [0.15, 0.2) is 0 Å². The van der Waals surface area contributed by atoms with Crippen molar-refractivity contribution in [2.75, 3.05) is 12.4 Å². The highest BCUT2D eigenvalue weighted by atomic mass is 32.2. The van der Waals surface area contributed by atoms with Crippen molar-refractivity contribution in [1.82, 2.24) is 0 Å². The monoisotopic (exact) mass is 272 g/mol. The molecule has 0 saturated heterocycles. The Labute approximate surface area is 104 Å². The van der Waals surface area contributed by atoms with Gasteiger partial charge in [0.15, 0.2) is 0 Å². The van der Waals surface area contributed by atoms with Gasteiger partial charge in [-0.05, 0) is 18.6 Å². The first-order valence-electron chi connectivity index (χ1n) is 5.73. The highest BCUT2D eigenvalue weighted by molar-refractivity contribution is 7.99. The van der Waals surface area contributed by atoms with Crippen LogP contribution in [-0.2, 0) is 9.53 Å². The molecule has 0 heterocycles. The van der Waals surface area contributed by atoms with Crippen molar-refractivity contribution in [2.45, 2.75) is 51.0 Å². The maximum absolute atomic E-state index is 11.9. The first kappa shape index (κ1) is 16.6. The number of rotatable bonds is 8. The van der Waals surface area contributed by atoms with Gasteiger partial charge >= 0.3 is 12.1 Å². The van der Waals surface area contributed by atoms with Crippen LogP contribution in [0.4, 0.5) is 13.2 Å². The van der Waals surface area contributed by atoms with Crippen LogP contribution in [-0.4, -0.2) is 29.8 Å². The number of alkyl halides is 3. The molecule has 0 bridgehead atoms. The van der Waals surface area contributed by atoms with Crippen LogP contribution in [0, 0.1) is 0 Å². The number of carbonyl (C=O) groups is 1. The van der Waals surface area contributed by atoms with E-state index in [1.807, 2.05) is 6.92 Å². The van der Waals surface area contributed by atoms with E-state index < -0.39 is 12.6 Å². The summed E-state index contributed by atoms with van der Waals surface area (Å²) in [6.45, 7) is 3.93. The molecule has 0 fully saturated rings. The Hall–Kier alpha value is -0.390. The fourth-order valence-electron chi connectivity index (χ4n) is 1.09. The molecule has 0 N–H and O–H groups in total. The SMILES string of the molecule is CCC(=O)OCC(CC)SCCCC(F)(F)F. The first-order chi connectivity index (χ1) is 7.89. The second kappa shape index (κ2) is 8.66. The number of halogens is 3. The molecule has 0 aliphatic rings. The minimum absolute atomic E-state index is 0.0960. The van der Waals surface area contributed by atoms with Gasteiger partial charge in [-0.2, -0.15) is 24.9 Å². The molecule has 17 heavy (non-hydrogen) atoms. The van der Waals surface area contributed by atoms with Gasteiger partial charge in [0, 0.05) is 18.1 Å². The molecule has 2 nitrogen and oxygen atoms in total. The highest BCUT2D eigenvalue weighted by Crippen LogP contribution is 2.24. The van der Waals surface area contributed by atoms with Crippen LogP contribution in [0.2, 0.25) is 0 Å². The highest BCUT2D eigenvalue weighted by Gasteiger charge is 2.26. The third-order valence-electron chi connectivity index (χ3n) is 2.13. The van der Waals surface area contributed by atoms with Crippen molar-refractivity contribution in [3.8, 4) is 0 Å². The lowest BCUT2D eigenvalue weighted by Crippen LogP contribution is -2.16. The lowest BCUT2D eigenvalue weighted by molar-refractivity contribution is -0.143. The fraction of sp³-hybridized carbons (Fsp3) is 0.909. The standard InChI is InChI=1S/C11H19F3O2S/c1-3-9(8-16-10(15)4-2)17-7-5-6-11(12,13)14/h9H,3-8H2,1-2H3. The summed E-state index contributed by atoms with van der Waals surface area (Å²) in [5.74, 6) is 0.182. The van der Waals surface area contributed by atoms with Gasteiger partial charge in [0.25, 0.3) is 0 Å². The molecule has 0 aromatic carbocycles. The molecule has 1 atom stereocenters. The van der Waals surface area contributed by atoms with Crippen molar-refractivity contribution in [2.24, 2.45) is 0 Å². The summed E-state index contributed by atoms with van der Waals surface area (Å²) in [5.41, 5.74) is 0. The Morgan fingerprint density at radius 3 is 2.47 bits per heavy atom. The van der Waals surface area contributed by atoms with Crippen LogP contribution in [0.5, 0.6) is 0 Å². The van der Waals surface area contributed by atoms with Crippen LogP contribution in [0.1, 0.15) is 39.5 Å². The van der Waals surface area contributed by atoms with E-state index in [4.69, 9.17) is 4.74 Å². The average Bonchev–Trinajstić information content (AvgIpc) is 2.26. The van der Waals surface area contributed by atoms with Crippen LogP contribution in [0.25, 0.3) is 0 Å². The van der Waals surface area contributed by atoms with Crippen molar-refractivity contribution < 1.29 is 22.7 Å². The Balaban J connectivity index is 3.65. The lowest BCUT2D eigenvalue weighted by Gasteiger charge is -2.14.